The molecular formula is C30H34N4O2. The molecule has 1 aromatic heterocycles. The van der Waals surface area contributed by atoms with Gasteiger partial charge in [-0.15, -0.1) is 0 Å². The second-order valence-electron chi connectivity index (χ2n) is 9.42. The Kier molecular flexibility index (Phi) is 7.86. The van der Waals surface area contributed by atoms with E-state index in [4.69, 9.17) is 0 Å². The number of aromatic nitrogens is 1. The fourth-order valence-corrected chi connectivity index (χ4v) is 4.71. The molecule has 6 heteroatoms. The van der Waals surface area contributed by atoms with Crippen molar-refractivity contribution in [2.45, 2.75) is 39.8 Å². The Morgan fingerprint density at radius 2 is 1.42 bits per heavy atom. The molecule has 0 atom stereocenters. The number of hydrogen-bond acceptors (Lipinski definition) is 4. The predicted molar refractivity (Wildman–Crippen MR) is 149 cm³/mol. The number of carbonyl (C=O) groups is 1. The van der Waals surface area contributed by atoms with Crippen LogP contribution in [0.3, 0.4) is 0 Å². The minimum Gasteiger partial charge on any atom is -0.382 e. The molecule has 1 amide bonds. The molecule has 0 radical (unpaired) electrons. The second kappa shape index (κ2) is 11.2. The number of para-hydroxylation sites is 3. The molecule has 0 aliphatic heterocycles. The fraction of sp³-hybridized carbons (Fsp3) is 0.267. The van der Waals surface area contributed by atoms with E-state index in [-0.39, 0.29) is 11.1 Å². The molecular weight excluding hydrogens is 448 g/mol. The van der Waals surface area contributed by atoms with Gasteiger partial charge in [-0.3, -0.25) is 19.1 Å². The zero-order valence-electron chi connectivity index (χ0n) is 21.4. The van der Waals surface area contributed by atoms with Crippen LogP contribution >= 0.6 is 0 Å². The quantitative estimate of drug-likeness (QED) is 0.318. The van der Waals surface area contributed by atoms with E-state index in [1.54, 1.807) is 4.57 Å². The van der Waals surface area contributed by atoms with Crippen LogP contribution in [0.2, 0.25) is 0 Å². The molecule has 0 aliphatic carbocycles. The van der Waals surface area contributed by atoms with Crippen LogP contribution in [-0.2, 0) is 0 Å². The molecule has 2 N–H and O–H groups in total. The summed E-state index contributed by atoms with van der Waals surface area (Å²) in [6.07, 6.45) is 0. The highest BCUT2D eigenvalue weighted by molar-refractivity contribution is 6.12. The van der Waals surface area contributed by atoms with Gasteiger partial charge in [0, 0.05) is 41.9 Å². The molecule has 3 aromatic carbocycles. The zero-order valence-corrected chi connectivity index (χ0v) is 21.4. The van der Waals surface area contributed by atoms with Crippen LogP contribution in [0.1, 0.15) is 38.1 Å². The number of rotatable bonds is 9. The van der Waals surface area contributed by atoms with E-state index in [0.29, 0.717) is 35.7 Å². The molecule has 0 saturated carbocycles. The summed E-state index contributed by atoms with van der Waals surface area (Å²) in [4.78, 5) is 30.0. The summed E-state index contributed by atoms with van der Waals surface area (Å²) in [6.45, 7) is 10.1. The van der Waals surface area contributed by atoms with Crippen molar-refractivity contribution < 1.29 is 4.79 Å². The smallest absolute Gasteiger partial charge is 0.270 e. The number of hydrogen-bond donors (Lipinski definition) is 2. The van der Waals surface area contributed by atoms with E-state index >= 15 is 0 Å². The molecule has 6 nitrogen and oxygen atoms in total. The standard InChI is InChI=1S/C30H34N4O2/c1-21(2)33(22(3)4)20-19-31-28-25-17-11-12-18-26(25)34(24-15-9-6-10-16-24)30(36)27(28)29(35)32-23-13-7-5-8-14-23/h5-18,21-22,31H,19-20H2,1-4H3,(H,32,35). The van der Waals surface area contributed by atoms with Gasteiger partial charge in [-0.2, -0.15) is 0 Å². The molecule has 186 valence electrons. The Balaban J connectivity index is 1.85. The van der Waals surface area contributed by atoms with Crippen molar-refractivity contribution in [3.05, 3.63) is 101 Å². The Hall–Kier alpha value is -3.90. The molecule has 0 bridgehead atoms. The van der Waals surface area contributed by atoms with Gasteiger partial charge in [-0.1, -0.05) is 54.6 Å². The number of carbonyl (C=O) groups excluding carboxylic acids is 1. The summed E-state index contributed by atoms with van der Waals surface area (Å²) in [5.74, 6) is -0.436. The number of pyridine rings is 1. The van der Waals surface area contributed by atoms with Gasteiger partial charge in [-0.05, 0) is 58.0 Å². The number of nitrogens with zero attached hydrogens (tertiary/aromatic N) is 2. The second-order valence-corrected chi connectivity index (χ2v) is 9.42. The van der Waals surface area contributed by atoms with Gasteiger partial charge in [-0.25, -0.2) is 0 Å². The Bertz CT molecular complexity index is 1370. The number of fused-ring (bicyclic) bond motifs is 1. The van der Waals surface area contributed by atoms with Crippen LogP contribution in [0.4, 0.5) is 11.4 Å². The summed E-state index contributed by atoms with van der Waals surface area (Å²) in [7, 11) is 0. The molecule has 0 fully saturated rings. The molecule has 0 aliphatic rings. The maximum Gasteiger partial charge on any atom is 0.270 e. The van der Waals surface area contributed by atoms with Gasteiger partial charge < -0.3 is 10.6 Å². The summed E-state index contributed by atoms with van der Waals surface area (Å²) in [6, 6.07) is 27.1. The molecule has 4 aromatic rings. The van der Waals surface area contributed by atoms with Crippen molar-refractivity contribution in [2.24, 2.45) is 0 Å². The first-order valence-electron chi connectivity index (χ1n) is 12.5. The molecule has 0 saturated heterocycles. The van der Waals surface area contributed by atoms with Gasteiger partial charge in [0.15, 0.2) is 0 Å². The van der Waals surface area contributed by atoms with Crippen molar-refractivity contribution in [2.75, 3.05) is 23.7 Å². The predicted octanol–water partition coefficient (Wildman–Crippen LogP) is 5.77. The SMILES string of the molecule is CC(C)N(CCNc1c(C(=O)Nc2ccccc2)c(=O)n(-c2ccccc2)c2ccccc12)C(C)C. The third kappa shape index (κ3) is 5.34. The maximum atomic E-state index is 14.0. The van der Waals surface area contributed by atoms with Crippen LogP contribution in [0, 0.1) is 0 Å². The lowest BCUT2D eigenvalue weighted by Gasteiger charge is -2.30. The number of anilines is 2. The van der Waals surface area contributed by atoms with Gasteiger partial charge in [0.1, 0.15) is 5.56 Å². The molecule has 0 unspecified atom stereocenters. The highest BCUT2D eigenvalue weighted by atomic mass is 16.2. The van der Waals surface area contributed by atoms with E-state index in [1.807, 2.05) is 84.9 Å². The summed E-state index contributed by atoms with van der Waals surface area (Å²) >= 11 is 0. The third-order valence-corrected chi connectivity index (χ3v) is 6.35. The normalized spacial score (nSPS) is 11.4. The zero-order chi connectivity index (χ0) is 25.7. The first-order chi connectivity index (χ1) is 17.4. The highest BCUT2D eigenvalue weighted by Gasteiger charge is 2.24. The average Bonchev–Trinajstić information content (AvgIpc) is 2.87. The number of benzene rings is 3. The van der Waals surface area contributed by atoms with Crippen LogP contribution in [0.25, 0.3) is 16.6 Å². The van der Waals surface area contributed by atoms with Crippen molar-refractivity contribution in [3.8, 4) is 5.69 Å². The lowest BCUT2D eigenvalue weighted by Crippen LogP contribution is -2.40. The monoisotopic (exact) mass is 482 g/mol. The highest BCUT2D eigenvalue weighted by Crippen LogP contribution is 2.28. The van der Waals surface area contributed by atoms with E-state index in [1.165, 1.54) is 0 Å². The van der Waals surface area contributed by atoms with Gasteiger partial charge in [0.05, 0.1) is 11.2 Å². The van der Waals surface area contributed by atoms with E-state index in [9.17, 15) is 9.59 Å². The van der Waals surface area contributed by atoms with E-state index in [2.05, 4.69) is 43.2 Å². The first-order valence-corrected chi connectivity index (χ1v) is 12.5. The van der Waals surface area contributed by atoms with Gasteiger partial charge in [0.25, 0.3) is 11.5 Å². The Labute approximate surface area is 212 Å². The van der Waals surface area contributed by atoms with Crippen LogP contribution in [0.15, 0.2) is 89.7 Å². The van der Waals surface area contributed by atoms with Crippen LogP contribution < -0.4 is 16.2 Å². The average molecular weight is 483 g/mol. The van der Waals surface area contributed by atoms with Gasteiger partial charge >= 0.3 is 0 Å². The summed E-state index contributed by atoms with van der Waals surface area (Å²) in [5.41, 5.74) is 2.39. The molecule has 4 rings (SSSR count). The fourth-order valence-electron chi connectivity index (χ4n) is 4.71. The lowest BCUT2D eigenvalue weighted by molar-refractivity contribution is 0.102. The number of nitrogens with one attached hydrogen (secondary N) is 2. The van der Waals surface area contributed by atoms with Crippen molar-refractivity contribution >= 4 is 28.2 Å². The first kappa shape index (κ1) is 25.2. The van der Waals surface area contributed by atoms with Crippen LogP contribution in [0.5, 0.6) is 0 Å². The summed E-state index contributed by atoms with van der Waals surface area (Å²) in [5, 5.41) is 7.20. The van der Waals surface area contributed by atoms with Crippen LogP contribution in [-0.4, -0.2) is 40.5 Å². The summed E-state index contributed by atoms with van der Waals surface area (Å²) < 4.78 is 1.62. The van der Waals surface area contributed by atoms with E-state index in [0.717, 1.165) is 17.4 Å². The Morgan fingerprint density at radius 3 is 2.06 bits per heavy atom. The van der Waals surface area contributed by atoms with Crippen molar-refractivity contribution in [3.63, 3.8) is 0 Å². The Morgan fingerprint density at radius 1 is 0.833 bits per heavy atom. The minimum atomic E-state index is -0.436. The lowest BCUT2D eigenvalue weighted by atomic mass is 10.1. The molecule has 0 spiro atoms. The van der Waals surface area contributed by atoms with Crippen molar-refractivity contribution in [1.29, 1.82) is 0 Å². The molecule has 36 heavy (non-hydrogen) atoms. The largest absolute Gasteiger partial charge is 0.382 e. The number of amides is 1. The third-order valence-electron chi connectivity index (χ3n) is 6.35. The van der Waals surface area contributed by atoms with Crippen molar-refractivity contribution in [1.82, 2.24) is 9.47 Å². The van der Waals surface area contributed by atoms with Gasteiger partial charge in [0.2, 0.25) is 0 Å². The van der Waals surface area contributed by atoms with E-state index < -0.39 is 5.91 Å². The molecule has 1 heterocycles. The minimum absolute atomic E-state index is 0.0991. The maximum absolute atomic E-state index is 14.0. The topological polar surface area (TPSA) is 66.4 Å².